The highest BCUT2D eigenvalue weighted by molar-refractivity contribution is 6.76. The van der Waals surface area contributed by atoms with E-state index in [2.05, 4.69) is 97.1 Å². The molecule has 0 radical (unpaired) electrons. The Kier molecular flexibility index (Phi) is 18.5. The van der Waals surface area contributed by atoms with Crippen molar-refractivity contribution < 1.29 is 33.2 Å². The van der Waals surface area contributed by atoms with Gasteiger partial charge in [0.15, 0.2) is 31.9 Å². The summed E-state index contributed by atoms with van der Waals surface area (Å²) >= 11 is 0. The van der Waals surface area contributed by atoms with Gasteiger partial charge in [0.1, 0.15) is 11.5 Å². The molecule has 0 heterocycles. The van der Waals surface area contributed by atoms with Gasteiger partial charge in [-0.25, -0.2) is 0 Å². The van der Waals surface area contributed by atoms with E-state index in [-0.39, 0.29) is 20.4 Å². The number of rotatable bonds is 24. The maximum absolute atomic E-state index is 6.13. The molecule has 276 valence electrons. The van der Waals surface area contributed by atoms with Crippen LogP contribution >= 0.6 is 0 Å². The molecule has 2 rings (SSSR count). The first-order valence-electron chi connectivity index (χ1n) is 17.8. The number of ether oxygens (including phenoxy) is 7. The lowest BCUT2D eigenvalue weighted by Gasteiger charge is -2.18. The van der Waals surface area contributed by atoms with Crippen LogP contribution in [0.25, 0.3) is 12.2 Å². The summed E-state index contributed by atoms with van der Waals surface area (Å²) in [4.78, 5) is 0. The minimum Gasteiger partial charge on any atom is -0.493 e. The highest BCUT2D eigenvalue weighted by Crippen LogP contribution is 2.33. The van der Waals surface area contributed by atoms with Crippen molar-refractivity contribution >= 4 is 36.4 Å². The Balaban J connectivity index is 2.33. The van der Waals surface area contributed by atoms with Crippen molar-refractivity contribution in [1.29, 1.82) is 0 Å². The molecule has 7 nitrogen and oxygen atoms in total. The normalized spacial score (nSPS) is 12.3. The van der Waals surface area contributed by atoms with E-state index in [1.165, 1.54) is 5.57 Å². The van der Waals surface area contributed by atoms with Gasteiger partial charge >= 0.3 is 0 Å². The summed E-state index contributed by atoms with van der Waals surface area (Å²) in [5.74, 6) is 2.79. The molecule has 0 bridgehead atoms. The molecule has 0 aromatic heterocycles. The van der Waals surface area contributed by atoms with E-state index in [1.54, 1.807) is 0 Å². The smallest absolute Gasteiger partial charge is 0.189 e. The third-order valence-corrected chi connectivity index (χ3v) is 12.7. The van der Waals surface area contributed by atoms with Crippen molar-refractivity contribution in [3.05, 3.63) is 58.7 Å². The van der Waals surface area contributed by atoms with Crippen LogP contribution < -0.4 is 18.9 Å². The van der Waals surface area contributed by atoms with Gasteiger partial charge in [0, 0.05) is 55.7 Å². The minimum atomic E-state index is -1.19. The van der Waals surface area contributed by atoms with Crippen LogP contribution in [0.5, 0.6) is 23.0 Å². The first-order chi connectivity index (χ1) is 23.0. The second-order valence-electron chi connectivity index (χ2n) is 16.4. The third kappa shape index (κ3) is 19.6. The lowest BCUT2D eigenvalue weighted by Crippen LogP contribution is -2.22. The van der Waals surface area contributed by atoms with E-state index in [4.69, 9.17) is 33.2 Å². The maximum Gasteiger partial charge on any atom is 0.189 e. The molecular weight excluding hydrogens is 665 g/mol. The Hall–Kier alpha value is -2.35. The monoisotopic (exact) mass is 730 g/mol. The van der Waals surface area contributed by atoms with Gasteiger partial charge in [0.2, 0.25) is 0 Å². The predicted molar refractivity (Wildman–Crippen MR) is 215 cm³/mol. The summed E-state index contributed by atoms with van der Waals surface area (Å²) in [5.41, 5.74) is 4.35. The van der Waals surface area contributed by atoms with Crippen molar-refractivity contribution in [3.8, 4) is 23.0 Å². The molecule has 0 unspecified atom stereocenters. The van der Waals surface area contributed by atoms with E-state index in [9.17, 15) is 0 Å². The summed E-state index contributed by atoms with van der Waals surface area (Å²) in [5, 5.41) is 0. The van der Waals surface area contributed by atoms with Crippen molar-refractivity contribution in [2.75, 3.05) is 46.8 Å². The Labute approximate surface area is 301 Å². The molecule has 49 heavy (non-hydrogen) atoms. The summed E-state index contributed by atoms with van der Waals surface area (Å²) in [7, 11) is -3.54. The zero-order chi connectivity index (χ0) is 36.5. The van der Waals surface area contributed by atoms with Gasteiger partial charge in [-0.15, -0.1) is 0 Å². The van der Waals surface area contributed by atoms with Crippen LogP contribution in [0.4, 0.5) is 0 Å². The largest absolute Gasteiger partial charge is 0.493 e. The average molecular weight is 731 g/mol. The maximum atomic E-state index is 6.13. The highest BCUT2D eigenvalue weighted by atomic mass is 28.3. The molecule has 0 aliphatic rings. The molecule has 2 aromatic rings. The topological polar surface area (TPSA) is 64.6 Å². The van der Waals surface area contributed by atoms with Crippen LogP contribution in [-0.4, -0.2) is 71.0 Å². The molecule has 10 heteroatoms. The fraction of sp³-hybridized carbons (Fsp3) is 0.590. The van der Waals surface area contributed by atoms with E-state index in [1.807, 2.05) is 31.2 Å². The Bertz CT molecular complexity index is 1320. The summed E-state index contributed by atoms with van der Waals surface area (Å²) in [6.07, 6.45) is 7.16. The quantitative estimate of drug-likeness (QED) is 0.0350. The molecular formula is C39H66O7Si3. The van der Waals surface area contributed by atoms with Crippen molar-refractivity contribution in [2.24, 2.45) is 0 Å². The molecule has 0 saturated carbocycles. The van der Waals surface area contributed by atoms with E-state index in [0.29, 0.717) is 37.9 Å². The lowest BCUT2D eigenvalue weighted by atomic mass is 10.00. The Morgan fingerprint density at radius 1 is 0.592 bits per heavy atom. The number of benzene rings is 2. The molecule has 0 saturated heterocycles. The average Bonchev–Trinajstić information content (AvgIpc) is 2.98. The molecule has 0 fully saturated rings. The van der Waals surface area contributed by atoms with E-state index in [0.717, 1.165) is 52.7 Å². The van der Waals surface area contributed by atoms with Gasteiger partial charge in [-0.2, -0.15) is 0 Å². The summed E-state index contributed by atoms with van der Waals surface area (Å²) in [6, 6.07) is 13.3. The number of hydrogen-bond donors (Lipinski definition) is 0. The second kappa shape index (κ2) is 21.1. The van der Waals surface area contributed by atoms with Crippen molar-refractivity contribution in [2.45, 2.75) is 104 Å². The van der Waals surface area contributed by atoms with Gasteiger partial charge < -0.3 is 33.2 Å². The second-order valence-corrected chi connectivity index (χ2v) is 33.3. The summed E-state index contributed by atoms with van der Waals surface area (Å²) < 4.78 is 41.9. The summed E-state index contributed by atoms with van der Waals surface area (Å²) in [6.45, 7) is 30.5. The van der Waals surface area contributed by atoms with Crippen LogP contribution in [0.15, 0.2) is 42.0 Å². The van der Waals surface area contributed by atoms with Crippen molar-refractivity contribution in [3.63, 3.8) is 0 Å². The van der Waals surface area contributed by atoms with E-state index < -0.39 is 24.2 Å². The number of hydrogen-bond acceptors (Lipinski definition) is 7. The van der Waals surface area contributed by atoms with Crippen LogP contribution in [0.3, 0.4) is 0 Å². The van der Waals surface area contributed by atoms with Crippen LogP contribution in [0, 0.1) is 0 Å². The molecule has 0 aliphatic heterocycles. The first kappa shape index (κ1) is 42.8. The van der Waals surface area contributed by atoms with Crippen LogP contribution in [0.1, 0.15) is 37.5 Å². The minimum absolute atomic E-state index is 0.161. The van der Waals surface area contributed by atoms with Crippen molar-refractivity contribution in [1.82, 2.24) is 0 Å². The van der Waals surface area contributed by atoms with Gasteiger partial charge in [0.25, 0.3) is 0 Å². The first-order valence-corrected chi connectivity index (χ1v) is 28.9. The lowest BCUT2D eigenvalue weighted by molar-refractivity contribution is 0.00573. The fourth-order valence-electron chi connectivity index (χ4n) is 4.36. The Morgan fingerprint density at radius 2 is 1.12 bits per heavy atom. The molecule has 0 aliphatic carbocycles. The van der Waals surface area contributed by atoms with Gasteiger partial charge in [-0.3, -0.25) is 0 Å². The fourth-order valence-corrected chi connectivity index (χ4v) is 6.63. The molecule has 0 amide bonds. The number of allylic oxidation sites excluding steroid dienone is 2. The zero-order valence-electron chi connectivity index (χ0n) is 32.8. The van der Waals surface area contributed by atoms with Crippen LogP contribution in [0.2, 0.25) is 77.1 Å². The molecule has 0 spiro atoms. The van der Waals surface area contributed by atoms with Gasteiger partial charge in [-0.05, 0) is 74.7 Å². The molecule has 0 N–H and O–H groups in total. The molecule has 0 atom stereocenters. The van der Waals surface area contributed by atoms with Gasteiger partial charge in [0.05, 0.1) is 6.61 Å². The Morgan fingerprint density at radius 3 is 1.63 bits per heavy atom. The van der Waals surface area contributed by atoms with E-state index >= 15 is 0 Å². The standard InChI is InChI=1S/C39H66O7Si3/c1-13-43-38-28-35(44-29-40-20-23-47(4,5)6)27-34(36(38)18-14-32(2)3)17-15-33-16-19-37(45-30-41-21-24-48(7,8)9)39(26-33)46-31-42-22-25-49(10,11)12/h14-17,19,26-28H,13,18,20-25,29-31H2,1-12H3/b17-15+. The predicted octanol–water partition coefficient (Wildman–Crippen LogP) is 10.8. The zero-order valence-corrected chi connectivity index (χ0v) is 35.8. The highest BCUT2D eigenvalue weighted by Gasteiger charge is 2.16. The third-order valence-electron chi connectivity index (χ3n) is 7.55. The van der Waals surface area contributed by atoms with Crippen LogP contribution in [-0.2, 0) is 20.6 Å². The van der Waals surface area contributed by atoms with Gasteiger partial charge in [-0.1, -0.05) is 88.8 Å². The molecule has 2 aromatic carbocycles. The SMILES string of the molecule is CCOc1cc(OCOCC[Si](C)(C)C)cc(/C=C/c2ccc(OCOCC[Si](C)(C)C)c(OCOCC[Si](C)(C)C)c2)c1CC=C(C)C.